The molecule has 5 N–H and O–H groups in total. The van der Waals surface area contributed by atoms with Gasteiger partial charge in [-0.15, -0.1) is 0 Å². The minimum atomic E-state index is -1.99. The smallest absolute Gasteiger partial charge is 0.250 e. The number of anilines is 1. The van der Waals surface area contributed by atoms with Crippen molar-refractivity contribution in [1.29, 1.82) is 0 Å². The van der Waals surface area contributed by atoms with Crippen LogP contribution >= 0.6 is 8.53 Å². The lowest BCUT2D eigenvalue weighted by atomic mass is 10.2. The van der Waals surface area contributed by atoms with Crippen LogP contribution in [0, 0.1) is 0 Å². The van der Waals surface area contributed by atoms with Crippen LogP contribution in [0.4, 0.5) is 5.82 Å². The van der Waals surface area contributed by atoms with Gasteiger partial charge in [0.25, 0.3) is 0 Å². The molecule has 1 aliphatic rings. The predicted molar refractivity (Wildman–Crippen MR) is 103 cm³/mol. The van der Waals surface area contributed by atoms with Gasteiger partial charge in [-0.05, 0) is 5.56 Å². The Morgan fingerprint density at radius 1 is 1.29 bits per heavy atom. The molecule has 0 radical (unpaired) electrons. The van der Waals surface area contributed by atoms with Crippen LogP contribution in [-0.2, 0) is 15.8 Å². The molecule has 0 spiro atoms. The zero-order valence-electron chi connectivity index (χ0n) is 14.9. The number of nitrogens with one attached hydrogen (secondary N) is 1. The van der Waals surface area contributed by atoms with Crippen molar-refractivity contribution < 1.29 is 19.3 Å². The number of aromatic nitrogens is 4. The molecule has 1 fully saturated rings. The van der Waals surface area contributed by atoms with Gasteiger partial charge in [-0.1, -0.05) is 30.3 Å². The van der Waals surface area contributed by atoms with Crippen molar-refractivity contribution in [2.24, 2.45) is 5.50 Å². The van der Waals surface area contributed by atoms with Crippen LogP contribution in [0.25, 0.3) is 11.2 Å². The minimum Gasteiger partial charge on any atom is -0.390 e. The van der Waals surface area contributed by atoms with E-state index in [4.69, 9.17) is 19.7 Å². The molecule has 4 atom stereocenters. The van der Waals surface area contributed by atoms with Gasteiger partial charge in [-0.3, -0.25) is 10.1 Å². The zero-order valence-corrected chi connectivity index (χ0v) is 15.8. The fourth-order valence-corrected chi connectivity index (χ4v) is 3.46. The number of hydrogen-bond donors (Lipinski definition) is 4. The lowest BCUT2D eigenvalue weighted by molar-refractivity contribution is -0.0378. The molecule has 28 heavy (non-hydrogen) atoms. The third-order valence-corrected chi connectivity index (χ3v) is 4.96. The molecule has 3 aromatic rings. The highest BCUT2D eigenvalue weighted by molar-refractivity contribution is 7.43. The Kier molecular flexibility index (Phi) is 5.77. The molecule has 0 saturated carbocycles. The van der Waals surface area contributed by atoms with Gasteiger partial charge in [0.1, 0.15) is 18.7 Å². The second-order valence-electron chi connectivity index (χ2n) is 6.42. The highest BCUT2D eigenvalue weighted by Crippen LogP contribution is 2.33. The first-order valence-corrected chi connectivity index (χ1v) is 10.1. The summed E-state index contributed by atoms with van der Waals surface area (Å²) < 4.78 is 12.6. The van der Waals surface area contributed by atoms with Crippen molar-refractivity contribution in [3.63, 3.8) is 0 Å². The summed E-state index contributed by atoms with van der Waals surface area (Å²) in [6.07, 6.45) is 1.66. The second kappa shape index (κ2) is 8.44. The lowest BCUT2D eigenvalue weighted by Gasteiger charge is -2.16. The van der Waals surface area contributed by atoms with Crippen LogP contribution < -0.4 is 10.8 Å². The highest BCUT2D eigenvalue weighted by atomic mass is 31.2. The van der Waals surface area contributed by atoms with Crippen LogP contribution in [-0.4, -0.2) is 48.3 Å². The lowest BCUT2D eigenvalue weighted by Crippen LogP contribution is -2.26. The molecule has 148 valence electrons. The van der Waals surface area contributed by atoms with Gasteiger partial charge in [-0.25, -0.2) is 15.0 Å². The number of rotatable bonds is 7. The maximum atomic E-state index is 10.2. The number of hydrogen-bond acceptors (Lipinski definition) is 9. The number of benzene rings is 1. The average Bonchev–Trinajstić information content (AvgIpc) is 3.29. The first-order chi connectivity index (χ1) is 13.6. The monoisotopic (exact) mass is 404 g/mol. The molecule has 1 saturated heterocycles. The van der Waals surface area contributed by atoms with Gasteiger partial charge >= 0.3 is 0 Å². The number of nitrogens with zero attached hydrogens (tertiary/aromatic N) is 4. The van der Waals surface area contributed by atoms with Crippen molar-refractivity contribution in [1.82, 2.24) is 19.5 Å². The molecule has 1 aliphatic heterocycles. The van der Waals surface area contributed by atoms with E-state index in [-0.39, 0.29) is 6.61 Å². The normalized spacial score (nSPS) is 23.2. The Bertz CT molecular complexity index is 924. The van der Waals surface area contributed by atoms with E-state index in [0.29, 0.717) is 29.9 Å². The first-order valence-electron chi connectivity index (χ1n) is 8.77. The number of nitrogens with two attached hydrogens (primary N) is 1. The van der Waals surface area contributed by atoms with Gasteiger partial charge < -0.3 is 24.6 Å². The fourth-order valence-electron chi connectivity index (χ4n) is 3.16. The van der Waals surface area contributed by atoms with Gasteiger partial charge in [0, 0.05) is 13.0 Å². The van der Waals surface area contributed by atoms with E-state index in [1.807, 2.05) is 30.3 Å². The average molecular weight is 404 g/mol. The van der Waals surface area contributed by atoms with Crippen molar-refractivity contribution in [3.8, 4) is 0 Å². The third-order valence-electron chi connectivity index (χ3n) is 4.55. The van der Waals surface area contributed by atoms with Crippen molar-refractivity contribution >= 4 is 25.5 Å². The standard InChI is InChI=1S/C17H21N6O4P/c18-28(25)26-8-13-12(24)6-14(27-13)23-10-22-15-16(20-9-21-17(15)23)19-7-11-4-2-1-3-5-11/h1-5,9-10,12-14,24-25H,6-8,18H2,(H,19,20,21)/t12-,13+,14+,28?/m0/s1. The molecule has 0 amide bonds. The van der Waals surface area contributed by atoms with Crippen LogP contribution in [0.2, 0.25) is 0 Å². The van der Waals surface area contributed by atoms with Crippen LogP contribution in [0.5, 0.6) is 0 Å². The number of aliphatic hydroxyl groups is 1. The van der Waals surface area contributed by atoms with Crippen molar-refractivity contribution in [3.05, 3.63) is 48.5 Å². The summed E-state index contributed by atoms with van der Waals surface area (Å²) in [5, 5.41) is 13.5. The summed E-state index contributed by atoms with van der Waals surface area (Å²) in [6.45, 7) is 0.628. The van der Waals surface area contributed by atoms with Crippen LogP contribution in [0.1, 0.15) is 18.2 Å². The third kappa shape index (κ3) is 4.12. The molecule has 1 aromatic carbocycles. The largest absolute Gasteiger partial charge is 0.390 e. The Labute approximate surface area is 162 Å². The Morgan fingerprint density at radius 3 is 2.89 bits per heavy atom. The first kappa shape index (κ1) is 19.1. The maximum absolute atomic E-state index is 10.2. The van der Waals surface area contributed by atoms with Gasteiger partial charge in [0.05, 0.1) is 19.0 Å². The van der Waals surface area contributed by atoms with E-state index in [9.17, 15) is 5.11 Å². The zero-order chi connectivity index (χ0) is 19.5. The quantitative estimate of drug-likeness (QED) is 0.429. The molecule has 3 heterocycles. The fraction of sp³-hybridized carbons (Fsp3) is 0.353. The number of fused-ring (bicyclic) bond motifs is 1. The van der Waals surface area contributed by atoms with E-state index in [2.05, 4.69) is 20.3 Å². The van der Waals surface area contributed by atoms with Gasteiger partial charge in [0.2, 0.25) is 8.53 Å². The van der Waals surface area contributed by atoms with Crippen LogP contribution in [0.3, 0.4) is 0 Å². The molecule has 2 aromatic heterocycles. The Hall–Kier alpha value is -2.20. The van der Waals surface area contributed by atoms with Crippen molar-refractivity contribution in [2.45, 2.75) is 31.4 Å². The molecular formula is C17H21N6O4P. The van der Waals surface area contributed by atoms with Gasteiger partial charge in [-0.2, -0.15) is 0 Å². The topological polar surface area (TPSA) is 141 Å². The van der Waals surface area contributed by atoms with E-state index in [1.165, 1.54) is 6.33 Å². The van der Waals surface area contributed by atoms with Gasteiger partial charge in [0.15, 0.2) is 17.0 Å². The summed E-state index contributed by atoms with van der Waals surface area (Å²) in [5.74, 6) is 0.625. The minimum absolute atomic E-state index is 0.0157. The van der Waals surface area contributed by atoms with Crippen molar-refractivity contribution in [2.75, 3.05) is 11.9 Å². The highest BCUT2D eigenvalue weighted by Gasteiger charge is 2.36. The summed E-state index contributed by atoms with van der Waals surface area (Å²) >= 11 is 0. The number of aliphatic hydroxyl groups excluding tert-OH is 1. The SMILES string of the molecule is NP(O)OC[C@H]1O[C@@H](n2cnc3c(NCc4ccccc4)ncnc32)C[C@@H]1O. The second-order valence-corrected chi connectivity index (χ2v) is 7.28. The molecule has 0 bridgehead atoms. The van der Waals surface area contributed by atoms with E-state index >= 15 is 0 Å². The molecule has 4 rings (SSSR count). The van der Waals surface area contributed by atoms with E-state index in [0.717, 1.165) is 5.56 Å². The van der Waals surface area contributed by atoms with E-state index in [1.54, 1.807) is 10.9 Å². The molecule has 10 nitrogen and oxygen atoms in total. The maximum Gasteiger partial charge on any atom is 0.250 e. The summed E-state index contributed by atoms with van der Waals surface area (Å²) in [7, 11) is -1.99. The summed E-state index contributed by atoms with van der Waals surface area (Å²) in [4.78, 5) is 22.1. The summed E-state index contributed by atoms with van der Waals surface area (Å²) in [5.41, 5.74) is 7.58. The van der Waals surface area contributed by atoms with Crippen LogP contribution in [0.15, 0.2) is 43.0 Å². The number of imidazole rings is 1. The Balaban J connectivity index is 1.50. The molecule has 0 aliphatic carbocycles. The summed E-state index contributed by atoms with van der Waals surface area (Å²) in [6, 6.07) is 9.99. The molecule has 1 unspecified atom stereocenters. The Morgan fingerprint density at radius 2 is 2.11 bits per heavy atom. The molecule has 11 heteroatoms. The predicted octanol–water partition coefficient (Wildman–Crippen LogP) is 1.28. The molecular weight excluding hydrogens is 383 g/mol. The van der Waals surface area contributed by atoms with E-state index < -0.39 is 27.0 Å². The number of ether oxygens (including phenoxy) is 1.